The van der Waals surface area contributed by atoms with Gasteiger partial charge in [0, 0.05) is 37.9 Å². The second-order valence-electron chi connectivity index (χ2n) is 9.46. The van der Waals surface area contributed by atoms with Gasteiger partial charge in [0.1, 0.15) is 11.4 Å². The third-order valence-electron chi connectivity index (χ3n) is 6.29. The number of hydrogen-bond acceptors (Lipinski definition) is 5. The van der Waals surface area contributed by atoms with Gasteiger partial charge in [0.05, 0.1) is 11.7 Å². The summed E-state index contributed by atoms with van der Waals surface area (Å²) in [6, 6.07) is 19.3. The molecule has 4 rings (SSSR count). The lowest BCUT2D eigenvalue weighted by atomic mass is 10.0. The summed E-state index contributed by atoms with van der Waals surface area (Å²) in [5.41, 5.74) is 7.87. The number of nitrogens with one attached hydrogen (secondary N) is 2. The van der Waals surface area contributed by atoms with Crippen molar-refractivity contribution >= 4 is 51.7 Å². The molecule has 0 aliphatic rings. The van der Waals surface area contributed by atoms with Gasteiger partial charge >= 0.3 is 6.36 Å². The Kier molecular flexibility index (Phi) is 8.92. The van der Waals surface area contributed by atoms with E-state index in [2.05, 4.69) is 50.6 Å². The van der Waals surface area contributed by atoms with Crippen molar-refractivity contribution in [3.63, 3.8) is 0 Å². The quantitative estimate of drug-likeness (QED) is 0.113. The van der Waals surface area contributed by atoms with Crippen LogP contribution in [0, 0.1) is 0 Å². The molecule has 8 nitrogen and oxygen atoms in total. The SMILES string of the molecule is CN=C(c1nn(C)c2cc(C=NNC(=S)Nc3ccccc3C(C)C)ccc12)N(C)c1ccc(OC(F)(F)F)cc1. The van der Waals surface area contributed by atoms with Crippen molar-refractivity contribution in [3.8, 4) is 5.75 Å². The van der Waals surface area contributed by atoms with E-state index in [4.69, 9.17) is 12.2 Å². The molecule has 0 atom stereocenters. The van der Waals surface area contributed by atoms with E-state index >= 15 is 0 Å². The zero-order valence-corrected chi connectivity index (χ0v) is 24.0. The predicted molar refractivity (Wildman–Crippen MR) is 162 cm³/mol. The highest BCUT2D eigenvalue weighted by atomic mass is 32.1. The van der Waals surface area contributed by atoms with E-state index in [0.29, 0.717) is 28.2 Å². The Hall–Kier alpha value is -4.45. The van der Waals surface area contributed by atoms with Crippen LogP contribution in [0.15, 0.2) is 76.8 Å². The summed E-state index contributed by atoms with van der Waals surface area (Å²) in [7, 11) is 5.23. The summed E-state index contributed by atoms with van der Waals surface area (Å²) in [4.78, 5) is 6.17. The van der Waals surface area contributed by atoms with Gasteiger partial charge in [0.25, 0.3) is 0 Å². The maximum atomic E-state index is 12.5. The molecule has 0 saturated heterocycles. The molecular formula is C29H30F3N7OS. The van der Waals surface area contributed by atoms with Gasteiger partial charge in [0.2, 0.25) is 0 Å². The highest BCUT2D eigenvalue weighted by Crippen LogP contribution is 2.27. The number of halogens is 3. The van der Waals surface area contributed by atoms with Crippen molar-refractivity contribution in [2.24, 2.45) is 17.1 Å². The van der Waals surface area contributed by atoms with E-state index in [1.807, 2.05) is 43.4 Å². The standard InChI is InChI=1S/C29H30F3N7OS/c1-18(2)22-8-6-7-9-24(22)35-28(41)36-34-17-19-10-15-23-25(16-19)39(5)37-26(23)27(33-3)38(4)20-11-13-21(14-12-20)40-29(30,31)32/h6-18H,1-5H3,(H2,35,36,41). The van der Waals surface area contributed by atoms with E-state index in [9.17, 15) is 13.2 Å². The Labute approximate surface area is 241 Å². The van der Waals surface area contributed by atoms with Crippen LogP contribution < -0.4 is 20.4 Å². The maximum absolute atomic E-state index is 12.5. The largest absolute Gasteiger partial charge is 0.573 e. The van der Waals surface area contributed by atoms with Crippen LogP contribution >= 0.6 is 12.2 Å². The predicted octanol–water partition coefficient (Wildman–Crippen LogP) is 6.43. The Morgan fingerprint density at radius 1 is 1.10 bits per heavy atom. The van der Waals surface area contributed by atoms with E-state index in [0.717, 1.165) is 27.7 Å². The summed E-state index contributed by atoms with van der Waals surface area (Å²) in [5, 5.41) is 13.4. The molecule has 3 aromatic carbocycles. The number of aliphatic imine (C=N–C) groups is 1. The molecule has 1 heterocycles. The molecule has 12 heteroatoms. The van der Waals surface area contributed by atoms with Crippen molar-refractivity contribution in [1.29, 1.82) is 0 Å². The van der Waals surface area contributed by atoms with Gasteiger partial charge in [-0.3, -0.25) is 15.1 Å². The van der Waals surface area contributed by atoms with Crippen LogP contribution in [0.25, 0.3) is 10.9 Å². The van der Waals surface area contributed by atoms with Gasteiger partial charge in [-0.25, -0.2) is 0 Å². The Balaban J connectivity index is 1.49. The van der Waals surface area contributed by atoms with Crippen LogP contribution in [0.2, 0.25) is 0 Å². The van der Waals surface area contributed by atoms with Crippen LogP contribution in [-0.4, -0.2) is 47.4 Å². The fraction of sp³-hybridized carbons (Fsp3) is 0.241. The molecule has 0 unspecified atom stereocenters. The zero-order chi connectivity index (χ0) is 29.7. The van der Waals surface area contributed by atoms with Gasteiger partial charge < -0.3 is 15.0 Å². The summed E-state index contributed by atoms with van der Waals surface area (Å²) in [6.45, 7) is 4.24. The number of aryl methyl sites for hydroxylation is 1. The summed E-state index contributed by atoms with van der Waals surface area (Å²) in [5.74, 6) is 0.590. The summed E-state index contributed by atoms with van der Waals surface area (Å²) in [6.07, 6.45) is -3.08. The van der Waals surface area contributed by atoms with E-state index in [1.54, 1.807) is 29.9 Å². The van der Waals surface area contributed by atoms with E-state index in [1.165, 1.54) is 24.3 Å². The molecule has 0 radical (unpaired) electrons. The summed E-state index contributed by atoms with van der Waals surface area (Å²) < 4.78 is 43.3. The van der Waals surface area contributed by atoms with E-state index in [-0.39, 0.29) is 5.75 Å². The number of aromatic nitrogens is 2. The molecular weight excluding hydrogens is 551 g/mol. The zero-order valence-electron chi connectivity index (χ0n) is 23.2. The molecule has 0 spiro atoms. The second kappa shape index (κ2) is 12.4. The molecule has 0 saturated carbocycles. The molecule has 4 aromatic rings. The van der Waals surface area contributed by atoms with Crippen LogP contribution in [0.1, 0.15) is 36.6 Å². The molecule has 2 N–H and O–H groups in total. The number of para-hydroxylation sites is 1. The van der Waals surface area contributed by atoms with Crippen LogP contribution in [0.3, 0.4) is 0 Å². The number of nitrogens with zero attached hydrogens (tertiary/aromatic N) is 5. The maximum Gasteiger partial charge on any atom is 0.573 e. The molecule has 214 valence electrons. The number of hydrogen-bond donors (Lipinski definition) is 2. The summed E-state index contributed by atoms with van der Waals surface area (Å²) >= 11 is 5.41. The Bertz CT molecular complexity index is 1590. The average molecular weight is 582 g/mol. The van der Waals surface area contributed by atoms with Crippen LogP contribution in [0.4, 0.5) is 24.5 Å². The highest BCUT2D eigenvalue weighted by Gasteiger charge is 2.31. The van der Waals surface area contributed by atoms with Gasteiger partial charge in [-0.15, -0.1) is 13.2 Å². The minimum atomic E-state index is -4.75. The third kappa shape index (κ3) is 7.20. The first-order valence-corrected chi connectivity index (χ1v) is 13.1. The molecule has 0 aliphatic carbocycles. The number of alkyl halides is 3. The third-order valence-corrected chi connectivity index (χ3v) is 6.48. The van der Waals surface area contributed by atoms with Crippen molar-refractivity contribution in [3.05, 3.63) is 83.6 Å². The Morgan fingerprint density at radius 2 is 1.80 bits per heavy atom. The topological polar surface area (TPSA) is 79.1 Å². The van der Waals surface area contributed by atoms with Crippen LogP contribution in [-0.2, 0) is 7.05 Å². The molecule has 1 aromatic heterocycles. The number of amidine groups is 1. The molecule has 0 fully saturated rings. The first-order chi connectivity index (χ1) is 19.5. The van der Waals surface area contributed by atoms with Crippen molar-refractivity contribution < 1.29 is 17.9 Å². The van der Waals surface area contributed by atoms with Gasteiger partial charge in [-0.2, -0.15) is 10.2 Å². The van der Waals surface area contributed by atoms with Crippen molar-refractivity contribution in [1.82, 2.24) is 15.2 Å². The minimum absolute atomic E-state index is 0.298. The number of fused-ring (bicyclic) bond motifs is 1. The normalized spacial score (nSPS) is 12.3. The number of rotatable bonds is 7. The van der Waals surface area contributed by atoms with Gasteiger partial charge in [-0.05, 0) is 71.7 Å². The fourth-order valence-corrected chi connectivity index (χ4v) is 4.52. The number of thiocarbonyl (C=S) groups is 1. The molecule has 0 aliphatic heterocycles. The average Bonchev–Trinajstić information content (AvgIpc) is 3.24. The molecule has 41 heavy (non-hydrogen) atoms. The van der Waals surface area contributed by atoms with E-state index < -0.39 is 6.36 Å². The monoisotopic (exact) mass is 581 g/mol. The molecule has 0 amide bonds. The lowest BCUT2D eigenvalue weighted by molar-refractivity contribution is -0.274. The van der Waals surface area contributed by atoms with Gasteiger partial charge in [-0.1, -0.05) is 38.1 Å². The fourth-order valence-electron chi connectivity index (χ4n) is 4.36. The minimum Gasteiger partial charge on any atom is -0.406 e. The lowest BCUT2D eigenvalue weighted by Crippen LogP contribution is -2.28. The number of ether oxygens (including phenoxy) is 1. The second-order valence-corrected chi connectivity index (χ2v) is 9.87. The lowest BCUT2D eigenvalue weighted by Gasteiger charge is -2.20. The van der Waals surface area contributed by atoms with Crippen molar-refractivity contribution in [2.45, 2.75) is 26.1 Å². The Morgan fingerprint density at radius 3 is 2.46 bits per heavy atom. The first kappa shape index (κ1) is 29.5. The number of benzene rings is 3. The van der Waals surface area contributed by atoms with Crippen molar-refractivity contribution in [2.75, 3.05) is 24.3 Å². The first-order valence-electron chi connectivity index (χ1n) is 12.7. The van der Waals surface area contributed by atoms with Gasteiger partial charge in [0.15, 0.2) is 10.9 Å². The smallest absolute Gasteiger partial charge is 0.406 e. The molecule has 0 bridgehead atoms. The van der Waals surface area contributed by atoms with Crippen LogP contribution in [0.5, 0.6) is 5.75 Å². The highest BCUT2D eigenvalue weighted by molar-refractivity contribution is 7.80. The number of hydrazone groups is 1. The number of anilines is 2.